The SMILES string of the molecule is COc1cc(C)cc2ccc(-c3nnc4ccc([C@@H](N5CCC(N)C5)C(F)(F)F)cn34)nc12.Cl. The standard InChI is InChI=1S/C23H23F3N6O.ClH/c1-13-9-14-3-5-17(28-20(14)18(10-13)33-2)22-30-29-19-6-4-15(11-32(19)22)21(23(24,25)26)31-8-7-16(27)12-31;/h3-6,9-11,16,21H,7-8,12,27H2,1-2H3;1H/t16?,21-;/m1./s1. The number of hydrogen-bond acceptors (Lipinski definition) is 6. The van der Waals surface area contributed by atoms with Gasteiger partial charge in [-0.15, -0.1) is 22.6 Å². The number of likely N-dealkylation sites (tertiary alicyclic amines) is 1. The topological polar surface area (TPSA) is 81.6 Å². The fourth-order valence-corrected chi connectivity index (χ4v) is 4.53. The van der Waals surface area contributed by atoms with Crippen LogP contribution in [0.5, 0.6) is 5.75 Å². The molecule has 1 aliphatic rings. The van der Waals surface area contributed by atoms with Crippen molar-refractivity contribution in [2.24, 2.45) is 5.73 Å². The average molecular weight is 493 g/mol. The second-order valence-corrected chi connectivity index (χ2v) is 8.44. The number of halogens is 4. The monoisotopic (exact) mass is 492 g/mol. The zero-order chi connectivity index (χ0) is 23.3. The molecule has 0 aliphatic carbocycles. The summed E-state index contributed by atoms with van der Waals surface area (Å²) in [6.45, 7) is 2.46. The minimum atomic E-state index is -4.45. The molecule has 180 valence electrons. The van der Waals surface area contributed by atoms with Crippen LogP contribution in [-0.4, -0.2) is 56.9 Å². The highest BCUT2D eigenvalue weighted by atomic mass is 35.5. The van der Waals surface area contributed by atoms with Crippen molar-refractivity contribution in [2.45, 2.75) is 31.6 Å². The largest absolute Gasteiger partial charge is 0.494 e. The molecule has 0 radical (unpaired) electrons. The molecule has 0 saturated carbocycles. The fraction of sp³-hybridized carbons (Fsp3) is 0.348. The van der Waals surface area contributed by atoms with Gasteiger partial charge in [0.25, 0.3) is 0 Å². The van der Waals surface area contributed by atoms with Crippen LogP contribution in [0.3, 0.4) is 0 Å². The van der Waals surface area contributed by atoms with Crippen LogP contribution < -0.4 is 10.5 Å². The van der Waals surface area contributed by atoms with E-state index in [1.807, 2.05) is 25.1 Å². The van der Waals surface area contributed by atoms with E-state index in [0.717, 1.165) is 10.9 Å². The number of nitrogens with zero attached hydrogens (tertiary/aromatic N) is 5. The third-order valence-electron chi connectivity index (χ3n) is 6.02. The second kappa shape index (κ2) is 9.01. The summed E-state index contributed by atoms with van der Waals surface area (Å²) in [6.07, 6.45) is -2.46. The van der Waals surface area contributed by atoms with Gasteiger partial charge in [-0.05, 0) is 48.7 Å². The van der Waals surface area contributed by atoms with Gasteiger partial charge in [0, 0.05) is 30.7 Å². The van der Waals surface area contributed by atoms with E-state index >= 15 is 0 Å². The molecule has 1 aromatic carbocycles. The minimum Gasteiger partial charge on any atom is -0.494 e. The first-order valence-corrected chi connectivity index (χ1v) is 10.6. The van der Waals surface area contributed by atoms with E-state index in [1.165, 1.54) is 17.2 Å². The van der Waals surface area contributed by atoms with Gasteiger partial charge in [0.15, 0.2) is 11.5 Å². The zero-order valence-corrected chi connectivity index (χ0v) is 19.4. The van der Waals surface area contributed by atoms with Gasteiger partial charge in [0.05, 0.1) is 7.11 Å². The lowest BCUT2D eigenvalue weighted by Gasteiger charge is -2.30. The van der Waals surface area contributed by atoms with E-state index in [2.05, 4.69) is 10.2 Å². The molecule has 1 unspecified atom stereocenters. The number of methoxy groups -OCH3 is 1. The molecule has 2 N–H and O–H groups in total. The highest BCUT2D eigenvalue weighted by Gasteiger charge is 2.46. The van der Waals surface area contributed by atoms with Crippen molar-refractivity contribution in [1.29, 1.82) is 0 Å². The lowest BCUT2D eigenvalue weighted by atomic mass is 10.1. The van der Waals surface area contributed by atoms with E-state index in [9.17, 15) is 13.2 Å². The lowest BCUT2D eigenvalue weighted by molar-refractivity contribution is -0.183. The summed E-state index contributed by atoms with van der Waals surface area (Å²) in [5.74, 6) is 0.972. The van der Waals surface area contributed by atoms with Crippen LogP contribution in [0.2, 0.25) is 0 Å². The van der Waals surface area contributed by atoms with Gasteiger partial charge in [0.1, 0.15) is 23.0 Å². The van der Waals surface area contributed by atoms with Crippen LogP contribution in [0.4, 0.5) is 13.2 Å². The summed E-state index contributed by atoms with van der Waals surface area (Å²) in [7, 11) is 1.57. The number of pyridine rings is 2. The van der Waals surface area contributed by atoms with Crippen LogP contribution in [0, 0.1) is 6.92 Å². The molecule has 0 bridgehead atoms. The first kappa shape index (κ1) is 24.2. The highest BCUT2D eigenvalue weighted by molar-refractivity contribution is 5.87. The third-order valence-corrected chi connectivity index (χ3v) is 6.02. The van der Waals surface area contributed by atoms with Gasteiger partial charge < -0.3 is 10.5 Å². The minimum absolute atomic E-state index is 0. The van der Waals surface area contributed by atoms with Crippen LogP contribution in [-0.2, 0) is 0 Å². The van der Waals surface area contributed by atoms with Gasteiger partial charge in [-0.3, -0.25) is 9.30 Å². The normalized spacial score (nSPS) is 17.8. The Balaban J connectivity index is 0.00000274. The number of benzene rings is 1. The highest BCUT2D eigenvalue weighted by Crippen LogP contribution is 2.39. The first-order valence-electron chi connectivity index (χ1n) is 10.6. The summed E-state index contributed by atoms with van der Waals surface area (Å²) in [6, 6.07) is 8.54. The van der Waals surface area contributed by atoms with Gasteiger partial charge in [0.2, 0.25) is 0 Å². The van der Waals surface area contributed by atoms with Crippen molar-refractivity contribution in [2.75, 3.05) is 20.2 Å². The van der Waals surface area contributed by atoms with E-state index in [0.29, 0.717) is 41.4 Å². The van der Waals surface area contributed by atoms with Crippen LogP contribution in [0.1, 0.15) is 23.6 Å². The van der Waals surface area contributed by atoms with Crippen molar-refractivity contribution in [3.63, 3.8) is 0 Å². The number of rotatable bonds is 4. The van der Waals surface area contributed by atoms with E-state index in [-0.39, 0.29) is 30.6 Å². The van der Waals surface area contributed by atoms with Crippen molar-refractivity contribution in [3.8, 4) is 17.3 Å². The van der Waals surface area contributed by atoms with Gasteiger partial charge in [-0.1, -0.05) is 12.1 Å². The number of hydrogen-bond donors (Lipinski definition) is 1. The lowest BCUT2D eigenvalue weighted by Crippen LogP contribution is -2.38. The number of nitrogens with two attached hydrogens (primary N) is 1. The van der Waals surface area contributed by atoms with Crippen LogP contribution >= 0.6 is 12.4 Å². The first-order chi connectivity index (χ1) is 15.7. The van der Waals surface area contributed by atoms with Crippen LogP contribution in [0.15, 0.2) is 42.6 Å². The summed E-state index contributed by atoms with van der Waals surface area (Å²) in [5, 5.41) is 9.24. The maximum atomic E-state index is 14.1. The van der Waals surface area contributed by atoms with Gasteiger partial charge in [-0.2, -0.15) is 13.2 Å². The molecule has 1 aliphatic heterocycles. The van der Waals surface area contributed by atoms with E-state index in [1.54, 1.807) is 23.6 Å². The number of aryl methyl sites for hydroxylation is 1. The molecule has 1 fully saturated rings. The molecule has 11 heteroatoms. The number of ether oxygens (including phenoxy) is 1. The molecule has 2 atom stereocenters. The Kier molecular flexibility index (Phi) is 6.41. The zero-order valence-electron chi connectivity index (χ0n) is 18.6. The predicted octanol–water partition coefficient (Wildman–Crippen LogP) is 4.32. The van der Waals surface area contributed by atoms with E-state index in [4.69, 9.17) is 15.5 Å². The second-order valence-electron chi connectivity index (χ2n) is 8.44. The Morgan fingerprint density at radius 2 is 1.94 bits per heavy atom. The molecule has 1 saturated heterocycles. The number of alkyl halides is 3. The summed E-state index contributed by atoms with van der Waals surface area (Å²) < 4.78 is 49.3. The Hall–Kier alpha value is -2.95. The number of aromatic nitrogens is 4. The summed E-state index contributed by atoms with van der Waals surface area (Å²) >= 11 is 0. The molecule has 4 aromatic rings. The Morgan fingerprint density at radius 3 is 2.62 bits per heavy atom. The molecule has 0 amide bonds. The molecule has 5 rings (SSSR count). The fourth-order valence-electron chi connectivity index (χ4n) is 4.53. The Labute approximate surface area is 200 Å². The molecule has 0 spiro atoms. The van der Waals surface area contributed by atoms with Gasteiger partial charge in [-0.25, -0.2) is 4.98 Å². The van der Waals surface area contributed by atoms with Crippen LogP contribution in [0.25, 0.3) is 28.1 Å². The van der Waals surface area contributed by atoms with E-state index < -0.39 is 12.2 Å². The van der Waals surface area contributed by atoms with Crippen molar-refractivity contribution in [3.05, 3.63) is 53.7 Å². The third kappa shape index (κ3) is 4.28. The average Bonchev–Trinajstić information content (AvgIpc) is 3.38. The van der Waals surface area contributed by atoms with Crippen molar-refractivity contribution in [1.82, 2.24) is 24.5 Å². The van der Waals surface area contributed by atoms with Gasteiger partial charge >= 0.3 is 6.18 Å². The summed E-state index contributed by atoms with van der Waals surface area (Å²) in [5.41, 5.74) is 8.60. The summed E-state index contributed by atoms with van der Waals surface area (Å²) in [4.78, 5) is 6.08. The maximum absolute atomic E-state index is 14.1. The molecular weight excluding hydrogens is 469 g/mol. The van der Waals surface area contributed by atoms with Crippen molar-refractivity contribution < 1.29 is 17.9 Å². The molecular formula is C23H24ClF3N6O. The predicted molar refractivity (Wildman–Crippen MR) is 125 cm³/mol. The maximum Gasteiger partial charge on any atom is 0.408 e. The molecule has 34 heavy (non-hydrogen) atoms. The number of fused-ring (bicyclic) bond motifs is 2. The Morgan fingerprint density at radius 1 is 1.15 bits per heavy atom. The molecule has 7 nitrogen and oxygen atoms in total. The quantitative estimate of drug-likeness (QED) is 0.457. The van der Waals surface area contributed by atoms with Crippen molar-refractivity contribution >= 4 is 29.0 Å². The smallest absolute Gasteiger partial charge is 0.408 e. The molecule has 4 heterocycles. The molecule has 3 aromatic heterocycles. The Bertz CT molecular complexity index is 1340.